The monoisotopic (exact) mass is 442 g/mol. The smallest absolute Gasteiger partial charge is 0.241 e. The molecular weight excluding hydrogens is 408 g/mol. The fourth-order valence-corrected chi connectivity index (χ4v) is 5.62. The van der Waals surface area contributed by atoms with Gasteiger partial charge in [0.05, 0.1) is 18.8 Å². The van der Waals surface area contributed by atoms with Crippen LogP contribution >= 0.6 is 0 Å². The van der Waals surface area contributed by atoms with Gasteiger partial charge >= 0.3 is 0 Å². The summed E-state index contributed by atoms with van der Waals surface area (Å²) < 4.78 is 16.8. The average molecular weight is 443 g/mol. The Kier molecular flexibility index (Phi) is 6.78. The molecule has 7 heteroatoms. The van der Waals surface area contributed by atoms with Crippen molar-refractivity contribution in [2.45, 2.75) is 69.8 Å². The van der Waals surface area contributed by atoms with Gasteiger partial charge in [0.2, 0.25) is 12.2 Å². The molecule has 2 aliphatic heterocycles. The van der Waals surface area contributed by atoms with E-state index < -0.39 is 6.29 Å². The molecule has 32 heavy (non-hydrogen) atoms. The first-order valence-corrected chi connectivity index (χ1v) is 12.2. The number of hydrogen-bond donors (Lipinski definition) is 3. The molecule has 0 bridgehead atoms. The summed E-state index contributed by atoms with van der Waals surface area (Å²) in [6, 6.07) is 7.20. The molecule has 3 N–H and O–H groups in total. The molecule has 174 valence electrons. The van der Waals surface area contributed by atoms with Crippen molar-refractivity contribution < 1.29 is 23.8 Å². The lowest BCUT2D eigenvalue weighted by Crippen LogP contribution is -2.42. The summed E-state index contributed by atoms with van der Waals surface area (Å²) in [5, 5.41) is 17.7. The van der Waals surface area contributed by atoms with E-state index in [1.54, 1.807) is 6.07 Å². The first-order chi connectivity index (χ1) is 15.7. The van der Waals surface area contributed by atoms with Crippen LogP contribution in [0.3, 0.4) is 0 Å². The molecule has 0 radical (unpaired) electrons. The SMILES string of the molecule is O=C(Nc1ccc2oc(C(O)OC[C@@H]3CCCO3)cc2c1)[C@H]1NCC[C@H]1C1CCCCC1. The number of fused-ring (bicyclic) bond motifs is 1. The summed E-state index contributed by atoms with van der Waals surface area (Å²) in [7, 11) is 0. The molecule has 3 fully saturated rings. The van der Waals surface area contributed by atoms with Crippen molar-refractivity contribution in [3.05, 3.63) is 30.0 Å². The van der Waals surface area contributed by atoms with Gasteiger partial charge in [-0.05, 0) is 61.9 Å². The van der Waals surface area contributed by atoms with Crippen LogP contribution in [0.5, 0.6) is 0 Å². The molecule has 0 spiro atoms. The van der Waals surface area contributed by atoms with Gasteiger partial charge in [0, 0.05) is 17.7 Å². The minimum Gasteiger partial charge on any atom is -0.456 e. The molecule has 2 saturated heterocycles. The Bertz CT molecular complexity index is 916. The molecule has 1 aromatic heterocycles. The van der Waals surface area contributed by atoms with Crippen LogP contribution in [0.4, 0.5) is 5.69 Å². The van der Waals surface area contributed by atoms with E-state index in [9.17, 15) is 9.90 Å². The zero-order valence-electron chi connectivity index (χ0n) is 18.6. The minimum absolute atomic E-state index is 0.0393. The van der Waals surface area contributed by atoms with Crippen LogP contribution in [-0.2, 0) is 14.3 Å². The number of aliphatic hydroxyl groups excluding tert-OH is 1. The molecule has 4 atom stereocenters. The molecule has 1 amide bonds. The first-order valence-electron chi connectivity index (χ1n) is 12.2. The standard InChI is InChI=1S/C25H34N2O5/c28-24(23-20(10-11-26-23)16-5-2-1-3-6-16)27-18-8-9-21-17(13-18)14-22(32-21)25(29)31-15-19-7-4-12-30-19/h8-9,13-14,16,19-20,23,25-26,29H,1-7,10-12,15H2,(H,27,28)/t19-,20-,23-,25?/m0/s1. The quantitative estimate of drug-likeness (QED) is 0.559. The van der Waals surface area contributed by atoms with Gasteiger partial charge < -0.3 is 29.6 Å². The van der Waals surface area contributed by atoms with Gasteiger partial charge in [0.1, 0.15) is 5.58 Å². The third-order valence-corrected chi connectivity index (χ3v) is 7.32. The van der Waals surface area contributed by atoms with Crippen molar-refractivity contribution in [3.8, 4) is 0 Å². The second-order valence-electron chi connectivity index (χ2n) is 9.49. The number of rotatable bonds is 7. The topological polar surface area (TPSA) is 93.0 Å². The second kappa shape index (κ2) is 9.91. The van der Waals surface area contributed by atoms with Crippen LogP contribution < -0.4 is 10.6 Å². The lowest BCUT2D eigenvalue weighted by atomic mass is 9.76. The highest BCUT2D eigenvalue weighted by atomic mass is 16.6. The van der Waals surface area contributed by atoms with Gasteiger partial charge in [-0.15, -0.1) is 0 Å². The number of hydrogen-bond acceptors (Lipinski definition) is 6. The fraction of sp³-hybridized carbons (Fsp3) is 0.640. The Balaban J connectivity index is 1.22. The molecule has 1 aromatic carbocycles. The fourth-order valence-electron chi connectivity index (χ4n) is 5.62. The molecule has 1 saturated carbocycles. The van der Waals surface area contributed by atoms with Gasteiger partial charge in [0.15, 0.2) is 5.76 Å². The van der Waals surface area contributed by atoms with Crippen molar-refractivity contribution in [3.63, 3.8) is 0 Å². The van der Waals surface area contributed by atoms with Gasteiger partial charge in [0.25, 0.3) is 0 Å². The average Bonchev–Trinajstić information content (AvgIpc) is 3.58. The highest BCUT2D eigenvalue weighted by Gasteiger charge is 2.38. The van der Waals surface area contributed by atoms with E-state index in [0.717, 1.165) is 43.5 Å². The van der Waals surface area contributed by atoms with E-state index in [1.165, 1.54) is 32.1 Å². The largest absolute Gasteiger partial charge is 0.456 e. The summed E-state index contributed by atoms with van der Waals surface area (Å²) >= 11 is 0. The molecule has 5 rings (SSSR count). The number of benzene rings is 1. The molecule has 3 heterocycles. The number of furan rings is 1. The Morgan fingerprint density at radius 2 is 2.03 bits per heavy atom. The Morgan fingerprint density at radius 3 is 2.84 bits per heavy atom. The Hall–Kier alpha value is -1.93. The number of ether oxygens (including phenoxy) is 2. The van der Waals surface area contributed by atoms with E-state index in [0.29, 0.717) is 29.8 Å². The summed E-state index contributed by atoms with van der Waals surface area (Å²) in [5.74, 6) is 1.48. The number of carbonyl (C=O) groups is 1. The normalized spacial score (nSPS) is 27.7. The van der Waals surface area contributed by atoms with Gasteiger partial charge in [-0.2, -0.15) is 0 Å². The summed E-state index contributed by atoms with van der Waals surface area (Å²) in [5.41, 5.74) is 1.39. The summed E-state index contributed by atoms with van der Waals surface area (Å²) in [4.78, 5) is 13.1. The third kappa shape index (κ3) is 4.86. The van der Waals surface area contributed by atoms with E-state index in [4.69, 9.17) is 13.9 Å². The maximum absolute atomic E-state index is 13.1. The first kappa shape index (κ1) is 21.9. The van der Waals surface area contributed by atoms with Gasteiger partial charge in [-0.1, -0.05) is 32.1 Å². The molecule has 3 aliphatic rings. The van der Waals surface area contributed by atoms with Crippen molar-refractivity contribution >= 4 is 22.6 Å². The predicted octanol–water partition coefficient (Wildman–Crippen LogP) is 4.12. The minimum atomic E-state index is -1.14. The van der Waals surface area contributed by atoms with Crippen molar-refractivity contribution in [2.24, 2.45) is 11.8 Å². The molecular formula is C25H34N2O5. The van der Waals surface area contributed by atoms with E-state index in [1.807, 2.05) is 18.2 Å². The Morgan fingerprint density at radius 1 is 1.16 bits per heavy atom. The zero-order valence-corrected chi connectivity index (χ0v) is 18.6. The summed E-state index contributed by atoms with van der Waals surface area (Å²) in [6.45, 7) is 2.00. The maximum Gasteiger partial charge on any atom is 0.241 e. The number of nitrogens with one attached hydrogen (secondary N) is 2. The number of aliphatic hydroxyl groups is 1. The lowest BCUT2D eigenvalue weighted by Gasteiger charge is -2.30. The second-order valence-corrected chi connectivity index (χ2v) is 9.49. The van der Waals surface area contributed by atoms with Crippen LogP contribution in [0, 0.1) is 11.8 Å². The third-order valence-electron chi connectivity index (χ3n) is 7.32. The maximum atomic E-state index is 13.1. The Labute approximate surface area is 188 Å². The van der Waals surface area contributed by atoms with E-state index >= 15 is 0 Å². The molecule has 1 aliphatic carbocycles. The summed E-state index contributed by atoms with van der Waals surface area (Å²) in [6.07, 6.45) is 8.37. The highest BCUT2D eigenvalue weighted by molar-refractivity contribution is 5.97. The van der Waals surface area contributed by atoms with E-state index in [-0.39, 0.29) is 18.1 Å². The van der Waals surface area contributed by atoms with Crippen molar-refractivity contribution in [1.82, 2.24) is 5.32 Å². The zero-order chi connectivity index (χ0) is 21.9. The predicted molar refractivity (Wildman–Crippen MR) is 121 cm³/mol. The van der Waals surface area contributed by atoms with Crippen LogP contribution in [-0.4, -0.2) is 42.9 Å². The van der Waals surface area contributed by atoms with Crippen molar-refractivity contribution in [2.75, 3.05) is 25.1 Å². The van der Waals surface area contributed by atoms with Crippen LogP contribution in [0.25, 0.3) is 11.0 Å². The van der Waals surface area contributed by atoms with Gasteiger partial charge in [-0.3, -0.25) is 4.79 Å². The molecule has 7 nitrogen and oxygen atoms in total. The lowest BCUT2D eigenvalue weighted by molar-refractivity contribution is -0.136. The van der Waals surface area contributed by atoms with Crippen LogP contribution in [0.2, 0.25) is 0 Å². The van der Waals surface area contributed by atoms with Crippen LogP contribution in [0.15, 0.2) is 28.7 Å². The van der Waals surface area contributed by atoms with Crippen LogP contribution in [0.1, 0.15) is 63.4 Å². The number of anilines is 1. The van der Waals surface area contributed by atoms with Gasteiger partial charge in [-0.25, -0.2) is 0 Å². The number of amides is 1. The number of carbonyl (C=O) groups excluding carboxylic acids is 1. The highest BCUT2D eigenvalue weighted by Crippen LogP contribution is 2.36. The molecule has 1 unspecified atom stereocenters. The van der Waals surface area contributed by atoms with Crippen molar-refractivity contribution in [1.29, 1.82) is 0 Å². The molecule has 2 aromatic rings. The van der Waals surface area contributed by atoms with E-state index in [2.05, 4.69) is 10.6 Å².